The van der Waals surface area contributed by atoms with E-state index in [4.69, 9.17) is 4.74 Å². The van der Waals surface area contributed by atoms with E-state index in [1.54, 1.807) is 53.7 Å². The minimum Gasteiger partial charge on any atom is -0.497 e. The molecule has 172 valence electrons. The van der Waals surface area contributed by atoms with Gasteiger partial charge in [-0.2, -0.15) is 0 Å². The third-order valence-electron chi connectivity index (χ3n) is 5.02. The summed E-state index contributed by atoms with van der Waals surface area (Å²) < 4.78 is 5.15. The highest BCUT2D eigenvalue weighted by Crippen LogP contribution is 2.19. The van der Waals surface area contributed by atoms with Gasteiger partial charge in [-0.3, -0.25) is 4.79 Å². The fourth-order valence-electron chi connectivity index (χ4n) is 3.31. The summed E-state index contributed by atoms with van der Waals surface area (Å²) in [5, 5.41) is 2.84. The molecule has 0 saturated heterocycles. The molecule has 7 heteroatoms. The van der Waals surface area contributed by atoms with Gasteiger partial charge < -0.3 is 19.9 Å². The summed E-state index contributed by atoms with van der Waals surface area (Å²) in [6.45, 7) is 6.96. The first-order valence-electron chi connectivity index (χ1n) is 10.7. The predicted octanol–water partition coefficient (Wildman–Crippen LogP) is 5.31. The molecule has 6 nitrogen and oxygen atoms in total. The van der Waals surface area contributed by atoms with Gasteiger partial charge in [0, 0.05) is 28.5 Å². The van der Waals surface area contributed by atoms with Crippen molar-refractivity contribution in [1.82, 2.24) is 9.80 Å². The molecule has 3 rings (SSSR count). The molecule has 0 radical (unpaired) electrons. The Hall–Kier alpha value is -3.58. The fourth-order valence-corrected chi connectivity index (χ4v) is 4.22. The number of hydrogen-bond acceptors (Lipinski definition) is 4. The van der Waals surface area contributed by atoms with Crippen molar-refractivity contribution in [1.29, 1.82) is 0 Å². The van der Waals surface area contributed by atoms with E-state index in [1.807, 2.05) is 43.3 Å². The summed E-state index contributed by atoms with van der Waals surface area (Å²) in [4.78, 5) is 31.8. The van der Waals surface area contributed by atoms with Gasteiger partial charge in [0.2, 0.25) is 5.91 Å². The Morgan fingerprint density at radius 3 is 2.33 bits per heavy atom. The molecule has 33 heavy (non-hydrogen) atoms. The van der Waals surface area contributed by atoms with Crippen LogP contribution in [0.3, 0.4) is 0 Å². The van der Waals surface area contributed by atoms with Crippen molar-refractivity contribution in [2.24, 2.45) is 0 Å². The molecule has 1 heterocycles. The number of methoxy groups -OCH3 is 1. The summed E-state index contributed by atoms with van der Waals surface area (Å²) >= 11 is 1.67. The summed E-state index contributed by atoms with van der Waals surface area (Å²) in [5.74, 6) is 0.572. The van der Waals surface area contributed by atoms with E-state index in [-0.39, 0.29) is 25.0 Å². The number of carbonyl (C=O) groups excluding carboxylic acids is 2. The average molecular weight is 464 g/mol. The molecule has 0 fully saturated rings. The van der Waals surface area contributed by atoms with Crippen molar-refractivity contribution >= 4 is 29.0 Å². The van der Waals surface area contributed by atoms with Crippen molar-refractivity contribution in [3.63, 3.8) is 0 Å². The van der Waals surface area contributed by atoms with E-state index in [9.17, 15) is 9.59 Å². The second-order valence-corrected chi connectivity index (χ2v) is 8.95. The van der Waals surface area contributed by atoms with Crippen LogP contribution in [0.15, 0.2) is 79.4 Å². The number of amides is 3. The fraction of sp³-hybridized carbons (Fsp3) is 0.231. The molecule has 0 aliphatic carbocycles. The predicted molar refractivity (Wildman–Crippen MR) is 134 cm³/mol. The first-order chi connectivity index (χ1) is 16.0. The third kappa shape index (κ3) is 7.22. The Labute approximate surface area is 199 Å². The molecule has 0 unspecified atom stereocenters. The largest absolute Gasteiger partial charge is 0.497 e. The second-order valence-electron chi connectivity index (χ2n) is 7.58. The molecule has 1 aromatic heterocycles. The summed E-state index contributed by atoms with van der Waals surface area (Å²) in [6.07, 6.45) is 1.62. The number of rotatable bonds is 10. The van der Waals surface area contributed by atoms with E-state index in [1.165, 1.54) is 9.78 Å². The molecular formula is C26H29N3O3S. The maximum Gasteiger partial charge on any atom is 0.322 e. The number of anilines is 1. The number of carbonyl (C=O) groups is 2. The zero-order valence-electron chi connectivity index (χ0n) is 19.0. The second kappa shape index (κ2) is 11.9. The minimum absolute atomic E-state index is 0.0504. The highest BCUT2D eigenvalue weighted by atomic mass is 32.1. The van der Waals surface area contributed by atoms with Gasteiger partial charge in [-0.1, -0.05) is 36.4 Å². The number of aryl methyl sites for hydroxylation is 1. The minimum atomic E-state index is -0.361. The van der Waals surface area contributed by atoms with Gasteiger partial charge in [-0.05, 0) is 48.9 Å². The lowest BCUT2D eigenvalue weighted by Gasteiger charge is -2.27. The summed E-state index contributed by atoms with van der Waals surface area (Å²) in [6, 6.07) is 20.6. The Morgan fingerprint density at radius 2 is 1.73 bits per heavy atom. The maximum absolute atomic E-state index is 13.3. The molecular weight excluding hydrogens is 434 g/mol. The van der Waals surface area contributed by atoms with E-state index >= 15 is 0 Å². The molecule has 0 atom stereocenters. The van der Waals surface area contributed by atoms with Crippen LogP contribution in [-0.2, 0) is 17.9 Å². The first-order valence-corrected chi connectivity index (χ1v) is 11.5. The van der Waals surface area contributed by atoms with Crippen LogP contribution in [0.5, 0.6) is 5.75 Å². The van der Waals surface area contributed by atoms with Crippen LogP contribution in [0, 0.1) is 6.92 Å². The van der Waals surface area contributed by atoms with Gasteiger partial charge in [-0.25, -0.2) is 4.79 Å². The Morgan fingerprint density at radius 1 is 1.00 bits per heavy atom. The maximum atomic E-state index is 13.3. The summed E-state index contributed by atoms with van der Waals surface area (Å²) in [7, 11) is 1.59. The standard InChI is InChI=1S/C26H29N3O3S/c1-4-16-28(26(31)27-22-11-13-23(32-3)14-12-22)19-25(30)29(17-21-8-6-5-7-9-21)18-24-15-10-20(2)33-24/h4-15H,1,16-19H2,2-3H3,(H,27,31). The highest BCUT2D eigenvalue weighted by molar-refractivity contribution is 7.11. The van der Waals surface area contributed by atoms with Gasteiger partial charge >= 0.3 is 6.03 Å². The van der Waals surface area contributed by atoms with Crippen molar-refractivity contribution < 1.29 is 14.3 Å². The number of hydrogen-bond donors (Lipinski definition) is 1. The normalized spacial score (nSPS) is 10.4. The molecule has 3 amide bonds. The molecule has 2 aromatic carbocycles. The lowest BCUT2D eigenvalue weighted by atomic mass is 10.2. The van der Waals surface area contributed by atoms with Gasteiger partial charge in [-0.15, -0.1) is 17.9 Å². The topological polar surface area (TPSA) is 61.9 Å². The number of nitrogens with zero attached hydrogens (tertiary/aromatic N) is 2. The van der Waals surface area contributed by atoms with Crippen LogP contribution in [0.2, 0.25) is 0 Å². The SMILES string of the molecule is C=CCN(CC(=O)N(Cc1ccccc1)Cc1ccc(C)s1)C(=O)Nc1ccc(OC)cc1. The number of urea groups is 1. The average Bonchev–Trinajstić information content (AvgIpc) is 3.24. The zero-order chi connectivity index (χ0) is 23.6. The van der Waals surface area contributed by atoms with Crippen LogP contribution in [0.1, 0.15) is 15.3 Å². The molecule has 0 aliphatic heterocycles. The quantitative estimate of drug-likeness (QED) is 0.414. The van der Waals surface area contributed by atoms with E-state index < -0.39 is 0 Å². The zero-order valence-corrected chi connectivity index (χ0v) is 19.8. The summed E-state index contributed by atoms with van der Waals surface area (Å²) in [5.41, 5.74) is 1.66. The highest BCUT2D eigenvalue weighted by Gasteiger charge is 2.22. The molecule has 1 N–H and O–H groups in total. The first kappa shape index (κ1) is 24.1. The molecule has 0 saturated carbocycles. The molecule has 3 aromatic rings. The van der Waals surface area contributed by atoms with Gasteiger partial charge in [0.15, 0.2) is 0 Å². The number of ether oxygens (including phenoxy) is 1. The van der Waals surface area contributed by atoms with Crippen LogP contribution >= 0.6 is 11.3 Å². The van der Waals surface area contributed by atoms with Crippen molar-refractivity contribution in [3.05, 3.63) is 94.7 Å². The van der Waals surface area contributed by atoms with Gasteiger partial charge in [0.1, 0.15) is 12.3 Å². The Balaban J connectivity index is 1.72. The molecule has 0 aliphatic rings. The van der Waals surface area contributed by atoms with Crippen LogP contribution in [0.25, 0.3) is 0 Å². The Kier molecular flexibility index (Phi) is 8.66. The smallest absolute Gasteiger partial charge is 0.322 e. The number of thiophene rings is 1. The van der Waals surface area contributed by atoms with Crippen LogP contribution < -0.4 is 10.1 Å². The van der Waals surface area contributed by atoms with Crippen molar-refractivity contribution in [2.75, 3.05) is 25.5 Å². The van der Waals surface area contributed by atoms with Crippen molar-refractivity contribution in [3.8, 4) is 5.75 Å². The monoisotopic (exact) mass is 463 g/mol. The number of benzene rings is 2. The third-order valence-corrected chi connectivity index (χ3v) is 6.00. The van der Waals surface area contributed by atoms with Crippen LogP contribution in [0.4, 0.5) is 10.5 Å². The lowest BCUT2D eigenvalue weighted by molar-refractivity contribution is -0.132. The molecule has 0 spiro atoms. The van der Waals surface area contributed by atoms with E-state index in [0.29, 0.717) is 24.5 Å². The van der Waals surface area contributed by atoms with Gasteiger partial charge in [0.25, 0.3) is 0 Å². The van der Waals surface area contributed by atoms with E-state index in [2.05, 4.69) is 18.0 Å². The molecule has 0 bridgehead atoms. The number of nitrogens with one attached hydrogen (secondary N) is 1. The van der Waals surface area contributed by atoms with Crippen LogP contribution in [-0.4, -0.2) is 41.9 Å². The van der Waals surface area contributed by atoms with Crippen molar-refractivity contribution in [2.45, 2.75) is 20.0 Å². The van der Waals surface area contributed by atoms with E-state index in [0.717, 1.165) is 10.4 Å². The lowest BCUT2D eigenvalue weighted by Crippen LogP contribution is -2.44. The Bertz CT molecular complexity index is 1060. The van der Waals surface area contributed by atoms with Gasteiger partial charge in [0.05, 0.1) is 13.7 Å².